The highest BCUT2D eigenvalue weighted by Gasteiger charge is 2.14. The predicted octanol–water partition coefficient (Wildman–Crippen LogP) is 3.77. The van der Waals surface area contributed by atoms with Crippen molar-refractivity contribution in [1.82, 2.24) is 0 Å². The minimum Gasteiger partial charge on any atom is -0.497 e. The zero-order valence-electron chi connectivity index (χ0n) is 16.2. The van der Waals surface area contributed by atoms with Gasteiger partial charge in [0.05, 0.1) is 7.11 Å². The largest absolute Gasteiger partial charge is 0.497 e. The molecule has 0 unspecified atom stereocenters. The van der Waals surface area contributed by atoms with Crippen LogP contribution in [-0.4, -0.2) is 32.4 Å². The van der Waals surface area contributed by atoms with Crippen molar-refractivity contribution >= 4 is 34.4 Å². The zero-order valence-corrected chi connectivity index (χ0v) is 16.2. The molecule has 0 atom stereocenters. The summed E-state index contributed by atoms with van der Waals surface area (Å²) in [5.74, 6) is 0.910. The molecule has 0 saturated carbocycles. The number of fused-ring (bicyclic) bond motifs is 2. The fraction of sp³-hybridized carbons (Fsp3) is 0.130. The molecule has 0 radical (unpaired) electrons. The van der Waals surface area contributed by atoms with Gasteiger partial charge in [0, 0.05) is 17.8 Å². The first-order valence-corrected chi connectivity index (χ1v) is 9.23. The number of benzene rings is 3. The van der Waals surface area contributed by atoms with Crippen LogP contribution in [0.5, 0.6) is 17.2 Å². The van der Waals surface area contributed by atoms with E-state index in [4.69, 9.17) is 18.9 Å². The topological polar surface area (TPSA) is 83.1 Å². The molecule has 3 aromatic carbocycles. The van der Waals surface area contributed by atoms with E-state index < -0.39 is 18.5 Å². The standard InChI is InChI=1S/C23H19NO6/c1-27-19-7-5-16-10-15(2-4-17(16)11-19)3-9-23(26)28-13-22(25)24-18-6-8-20-21(12-18)30-14-29-20/h2-12H,13-14H2,1H3,(H,24,25)/b9-3+. The molecule has 7 heteroatoms. The molecule has 4 rings (SSSR count). The Bertz CT molecular complexity index is 1140. The van der Waals surface area contributed by atoms with E-state index in [9.17, 15) is 9.59 Å². The quantitative estimate of drug-likeness (QED) is 0.497. The van der Waals surface area contributed by atoms with Crippen LogP contribution < -0.4 is 19.5 Å². The fourth-order valence-electron chi connectivity index (χ4n) is 2.99. The van der Waals surface area contributed by atoms with Crippen molar-refractivity contribution in [2.75, 3.05) is 25.8 Å². The lowest BCUT2D eigenvalue weighted by Gasteiger charge is -2.06. The van der Waals surface area contributed by atoms with Crippen LogP contribution in [0.3, 0.4) is 0 Å². The average Bonchev–Trinajstić information content (AvgIpc) is 3.23. The maximum Gasteiger partial charge on any atom is 0.331 e. The molecule has 0 saturated heterocycles. The molecule has 152 valence electrons. The summed E-state index contributed by atoms with van der Waals surface area (Å²) in [5, 5.41) is 4.70. The Morgan fingerprint density at radius 3 is 2.67 bits per heavy atom. The molecule has 0 aliphatic carbocycles. The molecule has 7 nitrogen and oxygen atoms in total. The first-order chi connectivity index (χ1) is 14.6. The lowest BCUT2D eigenvalue weighted by molar-refractivity contribution is -0.142. The minimum absolute atomic E-state index is 0.155. The van der Waals surface area contributed by atoms with Gasteiger partial charge in [0.15, 0.2) is 18.1 Å². The number of hydrogen-bond donors (Lipinski definition) is 1. The summed E-state index contributed by atoms with van der Waals surface area (Å²) in [4.78, 5) is 23.9. The Labute approximate surface area is 172 Å². The highest BCUT2D eigenvalue weighted by atomic mass is 16.7. The molecule has 1 aliphatic rings. The number of carbonyl (C=O) groups is 2. The second kappa shape index (κ2) is 8.57. The van der Waals surface area contributed by atoms with E-state index in [1.165, 1.54) is 6.08 Å². The lowest BCUT2D eigenvalue weighted by Crippen LogP contribution is -2.20. The van der Waals surface area contributed by atoms with Crippen LogP contribution >= 0.6 is 0 Å². The molecule has 1 amide bonds. The van der Waals surface area contributed by atoms with Gasteiger partial charge in [-0.2, -0.15) is 0 Å². The summed E-state index contributed by atoms with van der Waals surface area (Å²) < 4.78 is 20.7. The Hall–Kier alpha value is -4.00. The van der Waals surface area contributed by atoms with Crippen molar-refractivity contribution in [2.24, 2.45) is 0 Å². The van der Waals surface area contributed by atoms with Crippen LogP contribution in [0.15, 0.2) is 60.7 Å². The summed E-state index contributed by atoms with van der Waals surface area (Å²) >= 11 is 0. The van der Waals surface area contributed by atoms with E-state index in [0.29, 0.717) is 17.2 Å². The molecule has 0 spiro atoms. The number of ether oxygens (including phenoxy) is 4. The smallest absolute Gasteiger partial charge is 0.331 e. The summed E-state index contributed by atoms with van der Waals surface area (Å²) in [6, 6.07) is 16.6. The van der Waals surface area contributed by atoms with Crippen molar-refractivity contribution in [1.29, 1.82) is 0 Å². The minimum atomic E-state index is -0.606. The van der Waals surface area contributed by atoms with E-state index in [0.717, 1.165) is 22.1 Å². The van der Waals surface area contributed by atoms with E-state index in [2.05, 4.69) is 5.32 Å². The number of hydrogen-bond acceptors (Lipinski definition) is 6. The third kappa shape index (κ3) is 4.52. The molecule has 30 heavy (non-hydrogen) atoms. The van der Waals surface area contributed by atoms with Gasteiger partial charge in [0.2, 0.25) is 6.79 Å². The highest BCUT2D eigenvalue weighted by Crippen LogP contribution is 2.34. The second-order valence-electron chi connectivity index (χ2n) is 6.53. The molecule has 1 aliphatic heterocycles. The van der Waals surface area contributed by atoms with Gasteiger partial charge in [-0.25, -0.2) is 4.79 Å². The zero-order chi connectivity index (χ0) is 20.9. The van der Waals surface area contributed by atoms with Gasteiger partial charge in [-0.15, -0.1) is 0 Å². The van der Waals surface area contributed by atoms with Crippen LogP contribution in [0.2, 0.25) is 0 Å². The number of rotatable bonds is 6. The summed E-state index contributed by atoms with van der Waals surface area (Å²) in [6.45, 7) is -0.239. The van der Waals surface area contributed by atoms with Crippen LogP contribution in [0, 0.1) is 0 Å². The van der Waals surface area contributed by atoms with Crippen molar-refractivity contribution < 1.29 is 28.5 Å². The number of carbonyl (C=O) groups excluding carboxylic acids is 2. The van der Waals surface area contributed by atoms with Gasteiger partial charge in [-0.1, -0.05) is 18.2 Å². The molecular formula is C23H19NO6. The number of nitrogens with one attached hydrogen (secondary N) is 1. The van der Waals surface area contributed by atoms with Gasteiger partial charge < -0.3 is 24.3 Å². The first kappa shape index (κ1) is 19.3. The number of anilines is 1. The Morgan fingerprint density at radius 1 is 1.00 bits per heavy atom. The van der Waals surface area contributed by atoms with Crippen LogP contribution in [0.1, 0.15) is 5.56 Å². The summed E-state index contributed by atoms with van der Waals surface area (Å²) in [7, 11) is 1.62. The van der Waals surface area contributed by atoms with Gasteiger partial charge in [-0.05, 0) is 52.7 Å². The molecule has 0 fully saturated rings. The second-order valence-corrected chi connectivity index (χ2v) is 6.53. The monoisotopic (exact) mass is 405 g/mol. The number of methoxy groups -OCH3 is 1. The molecule has 1 heterocycles. The molecule has 1 N–H and O–H groups in total. The summed E-state index contributed by atoms with van der Waals surface area (Å²) in [5.41, 5.74) is 1.37. The van der Waals surface area contributed by atoms with E-state index in [1.54, 1.807) is 31.4 Å². The van der Waals surface area contributed by atoms with Crippen molar-refractivity contribution in [2.45, 2.75) is 0 Å². The molecule has 0 aromatic heterocycles. The van der Waals surface area contributed by atoms with Crippen molar-refractivity contribution in [3.8, 4) is 17.2 Å². The van der Waals surface area contributed by atoms with E-state index in [1.807, 2.05) is 36.4 Å². The van der Waals surface area contributed by atoms with Gasteiger partial charge >= 0.3 is 5.97 Å². The predicted molar refractivity (Wildman–Crippen MR) is 112 cm³/mol. The Kier molecular flexibility index (Phi) is 5.52. The number of esters is 1. The van der Waals surface area contributed by atoms with Gasteiger partial charge in [-0.3, -0.25) is 4.79 Å². The number of amides is 1. The van der Waals surface area contributed by atoms with Crippen molar-refractivity contribution in [3.05, 3.63) is 66.2 Å². The van der Waals surface area contributed by atoms with Crippen LogP contribution in [-0.2, 0) is 14.3 Å². The third-order valence-corrected chi connectivity index (χ3v) is 4.49. The maximum atomic E-state index is 12.0. The highest BCUT2D eigenvalue weighted by molar-refractivity contribution is 5.95. The SMILES string of the molecule is COc1ccc2cc(/C=C/C(=O)OCC(=O)Nc3ccc4c(c3)OCO4)ccc2c1. The van der Waals surface area contributed by atoms with Gasteiger partial charge in [0.25, 0.3) is 5.91 Å². The van der Waals surface area contributed by atoms with Crippen LogP contribution in [0.4, 0.5) is 5.69 Å². The van der Waals surface area contributed by atoms with E-state index >= 15 is 0 Å². The van der Waals surface area contributed by atoms with E-state index in [-0.39, 0.29) is 6.79 Å². The average molecular weight is 405 g/mol. The fourth-order valence-corrected chi connectivity index (χ4v) is 2.99. The Morgan fingerprint density at radius 2 is 1.80 bits per heavy atom. The summed E-state index contributed by atoms with van der Waals surface area (Å²) in [6.07, 6.45) is 2.93. The van der Waals surface area contributed by atoms with Crippen LogP contribution in [0.25, 0.3) is 16.8 Å². The maximum absolute atomic E-state index is 12.0. The molecule has 0 bridgehead atoms. The van der Waals surface area contributed by atoms with Gasteiger partial charge in [0.1, 0.15) is 5.75 Å². The van der Waals surface area contributed by atoms with Crippen molar-refractivity contribution in [3.63, 3.8) is 0 Å². The normalized spacial score (nSPS) is 12.2. The third-order valence-electron chi connectivity index (χ3n) is 4.49. The lowest BCUT2D eigenvalue weighted by atomic mass is 10.1. The molecular weight excluding hydrogens is 386 g/mol. The Balaban J connectivity index is 1.30. The molecule has 3 aromatic rings. The first-order valence-electron chi connectivity index (χ1n) is 9.23.